The Morgan fingerprint density at radius 2 is 1.78 bits per heavy atom. The Morgan fingerprint density at radius 3 is 2.11 bits per heavy atom. The van der Waals surface area contributed by atoms with E-state index in [0.717, 1.165) is 10.8 Å². The van der Waals surface area contributed by atoms with Gasteiger partial charge in [-0.05, 0) is 23.0 Å². The van der Waals surface area contributed by atoms with Gasteiger partial charge in [0, 0.05) is 0 Å². The minimum Gasteiger partial charge on any atom is -0.423 e. The lowest BCUT2D eigenvalue weighted by atomic mass is 9.77. The van der Waals surface area contributed by atoms with E-state index in [1.54, 1.807) is 12.1 Å². The van der Waals surface area contributed by atoms with Gasteiger partial charge in [0.25, 0.3) is 0 Å². The summed E-state index contributed by atoms with van der Waals surface area (Å²) in [5.74, 6) is 0.195. The monoisotopic (exact) mass is 261 g/mol. The molecule has 0 heterocycles. The summed E-state index contributed by atoms with van der Waals surface area (Å²) in [6, 6.07) is 5.57. The van der Waals surface area contributed by atoms with Crippen molar-refractivity contribution in [2.24, 2.45) is 0 Å². The first-order chi connectivity index (χ1) is 8.20. The zero-order valence-corrected chi connectivity index (χ0v) is 12.7. The first-order valence-corrected chi connectivity index (χ1v) is 9.63. The molecule has 5 heteroatoms. The maximum absolute atomic E-state index is 9.53. The van der Waals surface area contributed by atoms with Crippen LogP contribution in [-0.4, -0.2) is 25.2 Å². The smallest absolute Gasteiger partial charge is 0.423 e. The highest BCUT2D eigenvalue weighted by atomic mass is 28.3. The number of hydrogen-bond acceptors (Lipinski definition) is 3. The molecule has 0 bridgehead atoms. The van der Waals surface area contributed by atoms with Crippen LogP contribution in [0.25, 0.3) is 0 Å². The molecule has 1 aromatic rings. The second-order valence-electron chi connectivity index (χ2n) is 5.88. The van der Waals surface area contributed by atoms with Crippen molar-refractivity contribution < 1.29 is 10.0 Å². The summed E-state index contributed by atoms with van der Waals surface area (Å²) in [6.07, 6.45) is 0. The molecule has 0 atom stereocenters. The third-order valence-electron chi connectivity index (χ3n) is 3.00. The highest BCUT2D eigenvalue weighted by Gasteiger charge is 2.30. The van der Waals surface area contributed by atoms with Gasteiger partial charge in [-0.25, -0.2) is 0 Å². The fourth-order valence-electron chi connectivity index (χ4n) is 2.39. The van der Waals surface area contributed by atoms with E-state index in [1.165, 1.54) is 0 Å². The summed E-state index contributed by atoms with van der Waals surface area (Å²) < 4.78 is 0. The van der Waals surface area contributed by atoms with E-state index in [1.807, 2.05) is 13.8 Å². The lowest BCUT2D eigenvalue weighted by Gasteiger charge is -2.27. The molecule has 1 rings (SSSR count). The van der Waals surface area contributed by atoms with Crippen molar-refractivity contribution in [1.82, 2.24) is 0 Å². The van der Waals surface area contributed by atoms with E-state index in [2.05, 4.69) is 25.7 Å². The summed E-state index contributed by atoms with van der Waals surface area (Å²) in [7, 11) is -3.24. The van der Waals surface area contributed by atoms with Gasteiger partial charge in [-0.2, -0.15) is 5.26 Å². The van der Waals surface area contributed by atoms with E-state index >= 15 is 0 Å². The molecule has 0 saturated heterocycles. The number of rotatable bonds is 3. The Bertz CT molecular complexity index is 487. The normalized spacial score (nSPS) is 11.5. The molecule has 1 aromatic carbocycles. The third-order valence-corrected chi connectivity index (χ3v) is 5.06. The predicted molar refractivity (Wildman–Crippen MR) is 78.1 cm³/mol. The molecule has 0 unspecified atom stereocenters. The van der Waals surface area contributed by atoms with Gasteiger partial charge in [0.2, 0.25) is 0 Å². The molecule has 3 nitrogen and oxygen atoms in total. The van der Waals surface area contributed by atoms with Crippen molar-refractivity contribution >= 4 is 25.8 Å². The van der Waals surface area contributed by atoms with Gasteiger partial charge < -0.3 is 10.0 Å². The summed E-state index contributed by atoms with van der Waals surface area (Å²) in [4.78, 5) is 0. The van der Waals surface area contributed by atoms with E-state index in [9.17, 15) is 15.3 Å². The van der Waals surface area contributed by atoms with Crippen LogP contribution in [-0.2, 0) is 0 Å². The summed E-state index contributed by atoms with van der Waals surface area (Å²) in [5, 5.41) is 29.3. The van der Waals surface area contributed by atoms with Crippen molar-refractivity contribution in [3.63, 3.8) is 0 Å². The molecule has 96 valence electrons. The van der Waals surface area contributed by atoms with Crippen LogP contribution < -0.4 is 10.6 Å². The van der Waals surface area contributed by atoms with Gasteiger partial charge in [-0.15, -0.1) is 0 Å². The standard InChI is InChI=1S/C13H20BNO2Si/c1-9(2)12-10(8-15)6-7-11(14(16)17)13(12)18(3,4)5/h6-7,9,16-17H,1-5H3. The Kier molecular flexibility index (Phi) is 4.38. The highest BCUT2D eigenvalue weighted by Crippen LogP contribution is 2.19. The Morgan fingerprint density at radius 1 is 1.22 bits per heavy atom. The topological polar surface area (TPSA) is 64.2 Å². The fraction of sp³-hybridized carbons (Fsp3) is 0.462. The van der Waals surface area contributed by atoms with Gasteiger partial charge in [0.05, 0.1) is 19.7 Å². The SMILES string of the molecule is CC(C)c1c(C#N)ccc(B(O)O)c1[Si](C)(C)C. The van der Waals surface area contributed by atoms with Crippen molar-refractivity contribution in [2.75, 3.05) is 0 Å². The van der Waals surface area contributed by atoms with Crippen LogP contribution in [0.1, 0.15) is 30.9 Å². The quantitative estimate of drug-likeness (QED) is 0.795. The van der Waals surface area contributed by atoms with E-state index in [-0.39, 0.29) is 5.92 Å². The molecule has 0 saturated carbocycles. The van der Waals surface area contributed by atoms with Crippen LogP contribution >= 0.6 is 0 Å². The van der Waals surface area contributed by atoms with Crippen molar-refractivity contribution in [2.45, 2.75) is 39.4 Å². The summed E-state index contributed by atoms with van der Waals surface area (Å²) in [6.45, 7) is 10.5. The lowest BCUT2D eigenvalue weighted by molar-refractivity contribution is 0.426. The van der Waals surface area contributed by atoms with Gasteiger partial charge >= 0.3 is 7.12 Å². The molecule has 0 aliphatic heterocycles. The van der Waals surface area contributed by atoms with Crippen LogP contribution in [0.15, 0.2) is 12.1 Å². The Labute approximate surface area is 110 Å². The largest absolute Gasteiger partial charge is 0.488 e. The molecule has 0 spiro atoms. The first kappa shape index (κ1) is 15.0. The number of nitriles is 1. The van der Waals surface area contributed by atoms with Crippen LogP contribution in [0.5, 0.6) is 0 Å². The van der Waals surface area contributed by atoms with Crippen LogP contribution in [0.3, 0.4) is 0 Å². The molecular formula is C13H20BNO2Si. The molecule has 0 aliphatic rings. The average Bonchev–Trinajstić information content (AvgIpc) is 2.25. The van der Waals surface area contributed by atoms with Gasteiger partial charge in [0.1, 0.15) is 0 Å². The van der Waals surface area contributed by atoms with Crippen molar-refractivity contribution in [3.05, 3.63) is 23.3 Å². The number of nitrogens with zero attached hydrogens (tertiary/aromatic N) is 1. The minimum atomic E-state index is -1.77. The van der Waals surface area contributed by atoms with Gasteiger partial charge in [0.15, 0.2) is 0 Å². The fourth-order valence-corrected chi connectivity index (χ4v) is 4.70. The van der Waals surface area contributed by atoms with E-state index in [0.29, 0.717) is 11.0 Å². The van der Waals surface area contributed by atoms with E-state index in [4.69, 9.17) is 0 Å². The third kappa shape index (κ3) is 2.83. The Hall–Kier alpha value is -1.09. The number of hydrogen-bond donors (Lipinski definition) is 2. The van der Waals surface area contributed by atoms with E-state index < -0.39 is 15.2 Å². The highest BCUT2D eigenvalue weighted by molar-refractivity contribution is 6.92. The maximum Gasteiger partial charge on any atom is 0.488 e. The van der Waals surface area contributed by atoms with Crippen LogP contribution in [0.4, 0.5) is 0 Å². The first-order valence-electron chi connectivity index (χ1n) is 6.13. The second-order valence-corrected chi connectivity index (χ2v) is 10.9. The molecule has 0 fully saturated rings. The van der Waals surface area contributed by atoms with Crippen LogP contribution in [0.2, 0.25) is 19.6 Å². The summed E-state index contributed by atoms with van der Waals surface area (Å²) >= 11 is 0. The second kappa shape index (κ2) is 5.27. The number of benzene rings is 1. The average molecular weight is 261 g/mol. The summed E-state index contributed by atoms with van der Waals surface area (Å²) in [5.41, 5.74) is 2.17. The Balaban J connectivity index is 3.73. The lowest BCUT2D eigenvalue weighted by Crippen LogP contribution is -2.55. The predicted octanol–water partition coefficient (Wildman–Crippen LogP) is 0.907. The van der Waals surface area contributed by atoms with Crippen molar-refractivity contribution in [3.8, 4) is 6.07 Å². The molecule has 0 amide bonds. The molecule has 2 N–H and O–H groups in total. The molecular weight excluding hydrogens is 241 g/mol. The molecule has 0 radical (unpaired) electrons. The van der Waals surface area contributed by atoms with Crippen LogP contribution in [0, 0.1) is 11.3 Å². The zero-order chi connectivity index (χ0) is 14.1. The van der Waals surface area contributed by atoms with Gasteiger partial charge in [-0.1, -0.05) is 44.7 Å². The molecule has 0 aromatic heterocycles. The van der Waals surface area contributed by atoms with Crippen molar-refractivity contribution in [1.29, 1.82) is 5.26 Å². The molecule has 18 heavy (non-hydrogen) atoms. The zero-order valence-electron chi connectivity index (χ0n) is 11.7. The van der Waals surface area contributed by atoms with Gasteiger partial charge in [-0.3, -0.25) is 0 Å². The maximum atomic E-state index is 9.53. The molecule has 0 aliphatic carbocycles. The minimum absolute atomic E-state index is 0.195.